The highest BCUT2D eigenvalue weighted by molar-refractivity contribution is 5.63. The third-order valence-electron chi connectivity index (χ3n) is 3.15. The van der Waals surface area contributed by atoms with Gasteiger partial charge < -0.3 is 5.32 Å². The minimum atomic E-state index is 0.0268. The molecule has 1 heterocycles. The van der Waals surface area contributed by atoms with Crippen LogP contribution in [0.15, 0.2) is 29.1 Å². The molecule has 0 spiro atoms. The van der Waals surface area contributed by atoms with Gasteiger partial charge in [0, 0.05) is 13.6 Å². The van der Waals surface area contributed by atoms with Crippen molar-refractivity contribution in [3.8, 4) is 11.3 Å². The van der Waals surface area contributed by atoms with Gasteiger partial charge in [-0.1, -0.05) is 31.2 Å². The van der Waals surface area contributed by atoms with E-state index in [4.69, 9.17) is 0 Å². The largest absolute Gasteiger partial charge is 0.315 e. The molecule has 96 valence electrons. The zero-order chi connectivity index (χ0) is 13.1. The van der Waals surface area contributed by atoms with Gasteiger partial charge in [0.15, 0.2) is 0 Å². The molecule has 0 saturated carbocycles. The number of rotatable bonds is 4. The Labute approximate surface area is 107 Å². The molecule has 0 atom stereocenters. The van der Waals surface area contributed by atoms with Crippen molar-refractivity contribution in [2.24, 2.45) is 7.05 Å². The Hall–Kier alpha value is -1.81. The van der Waals surface area contributed by atoms with Crippen LogP contribution in [-0.2, 0) is 20.0 Å². The Morgan fingerprint density at radius 1 is 1.28 bits per heavy atom. The maximum atomic E-state index is 12.0. The summed E-state index contributed by atoms with van der Waals surface area (Å²) >= 11 is 0. The van der Waals surface area contributed by atoms with Gasteiger partial charge in [0.2, 0.25) is 0 Å². The standard InChI is InChI=1S/C14H19N3O/c1-4-10-5-7-11(8-6-10)13-12(9-15-2)14(18)17(3)16-13/h5-8,15-16H,4,9H2,1-3H3. The molecule has 0 fully saturated rings. The normalized spacial score (nSPS) is 10.8. The Balaban J connectivity index is 2.48. The van der Waals surface area contributed by atoms with Crippen molar-refractivity contribution in [2.45, 2.75) is 19.9 Å². The molecule has 0 aliphatic rings. The molecule has 1 aromatic heterocycles. The van der Waals surface area contributed by atoms with Crippen molar-refractivity contribution in [3.63, 3.8) is 0 Å². The number of nitrogens with zero attached hydrogens (tertiary/aromatic N) is 1. The van der Waals surface area contributed by atoms with Crippen LogP contribution in [-0.4, -0.2) is 16.8 Å². The first kappa shape index (κ1) is 12.6. The number of hydrogen-bond donors (Lipinski definition) is 2. The first-order valence-electron chi connectivity index (χ1n) is 6.19. The molecule has 0 aliphatic heterocycles. The number of aromatic amines is 1. The van der Waals surface area contributed by atoms with Crippen molar-refractivity contribution in [1.29, 1.82) is 0 Å². The smallest absolute Gasteiger partial charge is 0.271 e. The average molecular weight is 245 g/mol. The molecular formula is C14H19N3O. The van der Waals surface area contributed by atoms with Crippen LogP contribution in [0.1, 0.15) is 18.1 Å². The summed E-state index contributed by atoms with van der Waals surface area (Å²) in [5, 5.41) is 6.15. The lowest BCUT2D eigenvalue weighted by atomic mass is 10.0. The molecule has 0 radical (unpaired) electrons. The van der Waals surface area contributed by atoms with Crippen molar-refractivity contribution in [1.82, 2.24) is 15.1 Å². The predicted octanol–water partition coefficient (Wildman–Crippen LogP) is 1.66. The monoisotopic (exact) mass is 245 g/mol. The minimum absolute atomic E-state index is 0.0268. The summed E-state index contributed by atoms with van der Waals surface area (Å²) in [6.45, 7) is 2.70. The van der Waals surface area contributed by atoms with E-state index in [0.29, 0.717) is 6.54 Å². The second-order valence-corrected chi connectivity index (χ2v) is 4.41. The molecule has 4 nitrogen and oxygen atoms in total. The molecule has 2 rings (SSSR count). The summed E-state index contributed by atoms with van der Waals surface area (Å²) in [5.74, 6) is 0. The van der Waals surface area contributed by atoms with E-state index in [1.165, 1.54) is 10.2 Å². The molecule has 4 heteroatoms. The number of hydrogen-bond acceptors (Lipinski definition) is 2. The number of aromatic nitrogens is 2. The van der Waals surface area contributed by atoms with E-state index in [1.54, 1.807) is 7.05 Å². The molecule has 18 heavy (non-hydrogen) atoms. The summed E-state index contributed by atoms with van der Waals surface area (Å²) < 4.78 is 1.52. The first-order chi connectivity index (χ1) is 8.67. The average Bonchev–Trinajstić information content (AvgIpc) is 2.68. The van der Waals surface area contributed by atoms with Gasteiger partial charge in [0.05, 0.1) is 11.3 Å². The van der Waals surface area contributed by atoms with Gasteiger partial charge in [-0.3, -0.25) is 14.6 Å². The van der Waals surface area contributed by atoms with Gasteiger partial charge in [0.1, 0.15) is 0 Å². The van der Waals surface area contributed by atoms with Gasteiger partial charge in [-0.2, -0.15) is 0 Å². The highest BCUT2D eigenvalue weighted by Crippen LogP contribution is 2.20. The number of benzene rings is 1. The Morgan fingerprint density at radius 2 is 1.94 bits per heavy atom. The van der Waals surface area contributed by atoms with E-state index in [0.717, 1.165) is 23.2 Å². The highest BCUT2D eigenvalue weighted by atomic mass is 16.1. The minimum Gasteiger partial charge on any atom is -0.315 e. The van der Waals surface area contributed by atoms with E-state index >= 15 is 0 Å². The van der Waals surface area contributed by atoms with Crippen LogP contribution in [0.4, 0.5) is 0 Å². The Kier molecular flexibility index (Phi) is 3.67. The Bertz CT molecular complexity index is 578. The molecular weight excluding hydrogens is 226 g/mol. The quantitative estimate of drug-likeness (QED) is 0.860. The lowest BCUT2D eigenvalue weighted by Gasteiger charge is -2.03. The zero-order valence-corrected chi connectivity index (χ0v) is 11.1. The summed E-state index contributed by atoms with van der Waals surface area (Å²) in [7, 11) is 3.59. The van der Waals surface area contributed by atoms with Crippen molar-refractivity contribution in [3.05, 3.63) is 45.7 Å². The summed E-state index contributed by atoms with van der Waals surface area (Å²) in [6.07, 6.45) is 1.02. The van der Waals surface area contributed by atoms with Crippen molar-refractivity contribution in [2.75, 3.05) is 7.05 Å². The van der Waals surface area contributed by atoms with Crippen LogP contribution in [0.25, 0.3) is 11.3 Å². The lowest BCUT2D eigenvalue weighted by Crippen LogP contribution is -2.19. The van der Waals surface area contributed by atoms with Crippen LogP contribution in [0.3, 0.4) is 0 Å². The molecule has 2 N–H and O–H groups in total. The van der Waals surface area contributed by atoms with E-state index in [2.05, 4.69) is 41.6 Å². The molecule has 0 bridgehead atoms. The fourth-order valence-electron chi connectivity index (χ4n) is 2.08. The zero-order valence-electron chi connectivity index (χ0n) is 11.1. The lowest BCUT2D eigenvalue weighted by molar-refractivity contribution is 0.734. The van der Waals surface area contributed by atoms with Crippen LogP contribution in [0.5, 0.6) is 0 Å². The van der Waals surface area contributed by atoms with Gasteiger partial charge >= 0.3 is 0 Å². The van der Waals surface area contributed by atoms with E-state index in [1.807, 2.05) is 7.05 Å². The fraction of sp³-hybridized carbons (Fsp3) is 0.357. The van der Waals surface area contributed by atoms with Crippen molar-refractivity contribution >= 4 is 0 Å². The fourth-order valence-corrected chi connectivity index (χ4v) is 2.08. The third kappa shape index (κ3) is 2.24. The number of nitrogens with one attached hydrogen (secondary N) is 2. The Morgan fingerprint density at radius 3 is 2.50 bits per heavy atom. The van der Waals surface area contributed by atoms with Gasteiger partial charge in [-0.15, -0.1) is 0 Å². The molecule has 0 unspecified atom stereocenters. The van der Waals surface area contributed by atoms with Crippen LogP contribution < -0.4 is 10.9 Å². The summed E-state index contributed by atoms with van der Waals surface area (Å²) in [6, 6.07) is 8.32. The maximum Gasteiger partial charge on any atom is 0.271 e. The predicted molar refractivity (Wildman–Crippen MR) is 73.6 cm³/mol. The van der Waals surface area contributed by atoms with Gasteiger partial charge in [-0.25, -0.2) is 0 Å². The van der Waals surface area contributed by atoms with Crippen LogP contribution >= 0.6 is 0 Å². The molecule has 1 aromatic carbocycles. The molecule has 0 aliphatic carbocycles. The second-order valence-electron chi connectivity index (χ2n) is 4.41. The molecule has 2 aromatic rings. The van der Waals surface area contributed by atoms with E-state index < -0.39 is 0 Å². The van der Waals surface area contributed by atoms with Gasteiger partial charge in [0.25, 0.3) is 5.56 Å². The topological polar surface area (TPSA) is 49.8 Å². The maximum absolute atomic E-state index is 12.0. The van der Waals surface area contributed by atoms with E-state index in [9.17, 15) is 4.79 Å². The molecule has 0 amide bonds. The summed E-state index contributed by atoms with van der Waals surface area (Å²) in [4.78, 5) is 12.0. The molecule has 0 saturated heterocycles. The van der Waals surface area contributed by atoms with Crippen LogP contribution in [0.2, 0.25) is 0 Å². The van der Waals surface area contributed by atoms with Gasteiger partial charge in [-0.05, 0) is 24.6 Å². The highest BCUT2D eigenvalue weighted by Gasteiger charge is 2.12. The van der Waals surface area contributed by atoms with E-state index in [-0.39, 0.29) is 5.56 Å². The first-order valence-corrected chi connectivity index (χ1v) is 6.19. The SMILES string of the molecule is CCc1ccc(-c2[nH]n(C)c(=O)c2CNC)cc1. The second kappa shape index (κ2) is 5.23. The van der Waals surface area contributed by atoms with Crippen molar-refractivity contribution < 1.29 is 0 Å². The third-order valence-corrected chi connectivity index (χ3v) is 3.15. The summed E-state index contributed by atoms with van der Waals surface area (Å²) in [5.41, 5.74) is 4.06. The van der Waals surface area contributed by atoms with Crippen LogP contribution in [0, 0.1) is 0 Å². The number of H-pyrrole nitrogens is 1. The number of aryl methyl sites for hydroxylation is 2.